The van der Waals surface area contributed by atoms with Gasteiger partial charge in [0.2, 0.25) is 0 Å². The molecule has 0 amide bonds. The maximum atomic E-state index is 9.56. The zero-order valence-corrected chi connectivity index (χ0v) is 12.9. The molecule has 2 aromatic carbocycles. The first-order chi connectivity index (χ1) is 9.38. The molecule has 0 aliphatic heterocycles. The van der Waals surface area contributed by atoms with E-state index in [0.29, 0.717) is 4.99 Å². The fourth-order valence-corrected chi connectivity index (χ4v) is 2.40. The minimum Gasteiger partial charge on any atom is -0.394 e. The van der Waals surface area contributed by atoms with E-state index < -0.39 is 0 Å². The zero-order valence-electron chi connectivity index (χ0n) is 12.1. The quantitative estimate of drug-likeness (QED) is 0.849. The van der Waals surface area contributed by atoms with Gasteiger partial charge in [0, 0.05) is 23.7 Å². The van der Waals surface area contributed by atoms with Crippen LogP contribution in [0.3, 0.4) is 0 Å². The highest BCUT2D eigenvalue weighted by atomic mass is 32.1. The van der Waals surface area contributed by atoms with Crippen LogP contribution in [0, 0.1) is 0 Å². The number of nitrogens with zero attached hydrogens (tertiary/aromatic N) is 1. The van der Waals surface area contributed by atoms with E-state index in [4.69, 9.17) is 18.0 Å². The lowest BCUT2D eigenvalue weighted by Crippen LogP contribution is -2.44. The molecule has 106 valence electrons. The van der Waals surface area contributed by atoms with Crippen LogP contribution in [0.4, 0.5) is 5.69 Å². The third kappa shape index (κ3) is 2.49. The Morgan fingerprint density at radius 1 is 1.20 bits per heavy atom. The van der Waals surface area contributed by atoms with Crippen molar-refractivity contribution in [2.75, 3.05) is 18.6 Å². The molecule has 0 saturated carbocycles. The van der Waals surface area contributed by atoms with E-state index in [-0.39, 0.29) is 12.1 Å². The van der Waals surface area contributed by atoms with Gasteiger partial charge in [-0.3, -0.25) is 0 Å². The molecular weight excluding hydrogens is 268 g/mol. The third-order valence-corrected chi connectivity index (χ3v) is 4.04. The van der Waals surface area contributed by atoms with Crippen molar-refractivity contribution in [2.45, 2.75) is 19.4 Å². The molecule has 3 nitrogen and oxygen atoms in total. The molecule has 0 atom stereocenters. The lowest BCUT2D eigenvalue weighted by atomic mass is 9.98. The number of hydrogen-bond acceptors (Lipinski definition) is 3. The molecule has 20 heavy (non-hydrogen) atoms. The topological polar surface area (TPSA) is 49.5 Å². The first-order valence-corrected chi connectivity index (χ1v) is 6.95. The molecule has 0 heterocycles. The van der Waals surface area contributed by atoms with Crippen LogP contribution < -0.4 is 10.6 Å². The minimum absolute atomic E-state index is 0.0783. The number of fused-ring (bicyclic) bond motifs is 1. The Hall–Kier alpha value is -1.65. The van der Waals surface area contributed by atoms with Gasteiger partial charge in [-0.05, 0) is 31.4 Å². The second kappa shape index (κ2) is 5.38. The average molecular weight is 288 g/mol. The summed E-state index contributed by atoms with van der Waals surface area (Å²) < 4.78 is 0. The Kier molecular flexibility index (Phi) is 3.97. The lowest BCUT2D eigenvalue weighted by molar-refractivity contribution is 0.216. The van der Waals surface area contributed by atoms with Crippen LogP contribution in [0.1, 0.15) is 19.4 Å². The summed E-state index contributed by atoms with van der Waals surface area (Å²) >= 11 is 5.12. The number of aliphatic hydroxyl groups is 1. The molecule has 0 aromatic heterocycles. The minimum atomic E-state index is -0.340. The second-order valence-corrected chi connectivity index (χ2v) is 6.01. The van der Waals surface area contributed by atoms with E-state index in [0.717, 1.165) is 22.0 Å². The first-order valence-electron chi connectivity index (χ1n) is 6.55. The molecule has 0 aliphatic rings. The Morgan fingerprint density at radius 2 is 1.80 bits per heavy atom. The number of thiocarbonyl (C=S) groups is 1. The van der Waals surface area contributed by atoms with Crippen LogP contribution in [0.15, 0.2) is 36.4 Å². The standard InChI is InChI=1S/C16H20N2OS/c1-16(2,10-19)18(3)14-9-8-13(15(17)20)11-6-4-5-7-12(11)14/h4-9,19H,10H2,1-3H3,(H2,17,20). The van der Waals surface area contributed by atoms with Gasteiger partial charge in [0.15, 0.2) is 0 Å². The van der Waals surface area contributed by atoms with Gasteiger partial charge in [0.25, 0.3) is 0 Å². The van der Waals surface area contributed by atoms with Gasteiger partial charge < -0.3 is 15.7 Å². The number of likely N-dealkylation sites (N-methyl/N-ethyl adjacent to an activating group) is 1. The fourth-order valence-electron chi connectivity index (χ4n) is 2.22. The molecule has 0 bridgehead atoms. The molecule has 0 radical (unpaired) electrons. The predicted molar refractivity (Wildman–Crippen MR) is 89.4 cm³/mol. The Bertz CT molecular complexity index is 652. The molecule has 0 spiro atoms. The monoisotopic (exact) mass is 288 g/mol. The molecule has 2 aromatic rings. The van der Waals surface area contributed by atoms with Crippen LogP contribution >= 0.6 is 12.2 Å². The van der Waals surface area contributed by atoms with Gasteiger partial charge in [-0.15, -0.1) is 0 Å². The Labute approximate surface area is 125 Å². The summed E-state index contributed by atoms with van der Waals surface area (Å²) in [6, 6.07) is 12.0. The van der Waals surface area contributed by atoms with Crippen molar-refractivity contribution >= 4 is 33.7 Å². The van der Waals surface area contributed by atoms with E-state index in [1.165, 1.54) is 0 Å². The third-order valence-electron chi connectivity index (χ3n) is 3.82. The molecule has 4 heteroatoms. The molecule has 0 aliphatic carbocycles. The highest BCUT2D eigenvalue weighted by Gasteiger charge is 2.24. The van der Waals surface area contributed by atoms with Crippen molar-refractivity contribution in [1.82, 2.24) is 0 Å². The van der Waals surface area contributed by atoms with E-state index in [1.54, 1.807) is 0 Å². The molecule has 0 unspecified atom stereocenters. The first kappa shape index (κ1) is 14.8. The Morgan fingerprint density at radius 3 is 2.35 bits per heavy atom. The average Bonchev–Trinajstić information content (AvgIpc) is 2.45. The van der Waals surface area contributed by atoms with Crippen molar-refractivity contribution in [2.24, 2.45) is 5.73 Å². The van der Waals surface area contributed by atoms with Crippen LogP contribution in [0.2, 0.25) is 0 Å². The van der Waals surface area contributed by atoms with Crippen molar-refractivity contribution in [3.8, 4) is 0 Å². The summed E-state index contributed by atoms with van der Waals surface area (Å²) in [7, 11) is 1.98. The highest BCUT2D eigenvalue weighted by Crippen LogP contribution is 2.32. The maximum absolute atomic E-state index is 9.56. The number of hydrogen-bond donors (Lipinski definition) is 2. The van der Waals surface area contributed by atoms with Gasteiger partial charge in [0.1, 0.15) is 4.99 Å². The SMILES string of the molecule is CN(c1ccc(C(N)=S)c2ccccc12)C(C)(C)CO. The number of nitrogens with two attached hydrogens (primary N) is 1. The summed E-state index contributed by atoms with van der Waals surface area (Å²) in [5.74, 6) is 0. The molecule has 0 saturated heterocycles. The molecule has 3 N–H and O–H groups in total. The van der Waals surface area contributed by atoms with Gasteiger partial charge in [-0.2, -0.15) is 0 Å². The number of benzene rings is 2. The molecule has 0 fully saturated rings. The summed E-state index contributed by atoms with van der Waals surface area (Å²) in [6.45, 7) is 4.08. The summed E-state index contributed by atoms with van der Waals surface area (Å²) in [5.41, 5.74) is 7.40. The number of aliphatic hydroxyl groups excluding tert-OH is 1. The summed E-state index contributed by atoms with van der Waals surface area (Å²) in [5, 5.41) is 11.7. The molecular formula is C16H20N2OS. The van der Waals surface area contributed by atoms with Crippen molar-refractivity contribution in [3.63, 3.8) is 0 Å². The van der Waals surface area contributed by atoms with Crippen molar-refractivity contribution in [1.29, 1.82) is 0 Å². The smallest absolute Gasteiger partial charge is 0.104 e. The van der Waals surface area contributed by atoms with Crippen molar-refractivity contribution < 1.29 is 5.11 Å². The predicted octanol–water partition coefficient (Wildman–Crippen LogP) is 2.68. The molecule has 2 rings (SSSR count). The largest absolute Gasteiger partial charge is 0.394 e. The number of rotatable bonds is 4. The van der Waals surface area contributed by atoms with E-state index in [2.05, 4.69) is 11.0 Å². The zero-order chi connectivity index (χ0) is 14.9. The lowest BCUT2D eigenvalue weighted by Gasteiger charge is -2.36. The normalized spacial score (nSPS) is 11.6. The van der Waals surface area contributed by atoms with Gasteiger partial charge in [-0.25, -0.2) is 0 Å². The van der Waals surface area contributed by atoms with E-state index in [9.17, 15) is 5.11 Å². The van der Waals surface area contributed by atoms with Gasteiger partial charge in [-0.1, -0.05) is 36.5 Å². The second-order valence-electron chi connectivity index (χ2n) is 5.57. The van der Waals surface area contributed by atoms with Crippen LogP contribution in [0.25, 0.3) is 10.8 Å². The van der Waals surface area contributed by atoms with Crippen LogP contribution in [0.5, 0.6) is 0 Å². The van der Waals surface area contributed by atoms with E-state index in [1.807, 2.05) is 51.2 Å². The van der Waals surface area contributed by atoms with Gasteiger partial charge in [0.05, 0.1) is 12.1 Å². The fraction of sp³-hybridized carbons (Fsp3) is 0.312. The maximum Gasteiger partial charge on any atom is 0.104 e. The Balaban J connectivity index is 2.68. The van der Waals surface area contributed by atoms with Gasteiger partial charge >= 0.3 is 0 Å². The summed E-state index contributed by atoms with van der Waals surface area (Å²) in [6.07, 6.45) is 0. The summed E-state index contributed by atoms with van der Waals surface area (Å²) in [4.78, 5) is 2.48. The number of anilines is 1. The van der Waals surface area contributed by atoms with Crippen molar-refractivity contribution in [3.05, 3.63) is 42.0 Å². The van der Waals surface area contributed by atoms with E-state index >= 15 is 0 Å². The van der Waals surface area contributed by atoms with Crippen LogP contribution in [-0.2, 0) is 0 Å². The highest BCUT2D eigenvalue weighted by molar-refractivity contribution is 7.80. The van der Waals surface area contributed by atoms with Crippen LogP contribution in [-0.4, -0.2) is 29.3 Å².